The molecule has 11 nitrogen and oxygen atoms in total. The van der Waals surface area contributed by atoms with Gasteiger partial charge >= 0.3 is 5.97 Å². The summed E-state index contributed by atoms with van der Waals surface area (Å²) in [6.45, 7) is 18.4. The van der Waals surface area contributed by atoms with Crippen molar-refractivity contribution in [2.24, 2.45) is 81.2 Å². The van der Waals surface area contributed by atoms with Gasteiger partial charge in [-0.15, -0.1) is 0 Å². The van der Waals surface area contributed by atoms with Gasteiger partial charge in [-0.05, 0) is 168 Å². The Morgan fingerprint density at radius 2 is 1.62 bits per heavy atom. The van der Waals surface area contributed by atoms with Gasteiger partial charge in [0, 0.05) is 42.5 Å². The monoisotopic (exact) mass is 832 g/mol. The van der Waals surface area contributed by atoms with Gasteiger partial charge in [0.2, 0.25) is 5.91 Å². The highest BCUT2D eigenvalue weighted by Crippen LogP contribution is 2.72. The third-order valence-corrected chi connectivity index (χ3v) is 17.5. The van der Waals surface area contributed by atoms with Crippen molar-refractivity contribution in [3.05, 3.63) is 35.0 Å². The summed E-state index contributed by atoms with van der Waals surface area (Å²) < 4.78 is 0. The number of anilines is 1. The summed E-state index contributed by atoms with van der Waals surface area (Å²) in [5, 5.41) is 15.8. The first-order valence-corrected chi connectivity index (χ1v) is 23.0. The maximum atomic E-state index is 13.8. The van der Waals surface area contributed by atoms with E-state index in [1.807, 2.05) is 27.8 Å². The molecule has 0 spiro atoms. The van der Waals surface area contributed by atoms with Crippen molar-refractivity contribution in [2.45, 2.75) is 138 Å². The van der Waals surface area contributed by atoms with Crippen molar-refractivity contribution in [2.75, 3.05) is 26.4 Å². The number of carboxylic acid groups (broad SMARTS) is 1. The number of allylic oxidation sites excluding steroid dienone is 2. The number of rotatable bonds is 11. The van der Waals surface area contributed by atoms with Crippen LogP contribution in [0.4, 0.5) is 5.82 Å². The molecular formula is C49H77N5O6. The van der Waals surface area contributed by atoms with Crippen molar-refractivity contribution in [1.29, 1.82) is 0 Å². The number of Topliss-reactive ketones (excluding diaryl/α,β-unsaturated/α-hetero) is 2. The molecule has 0 aliphatic heterocycles. The summed E-state index contributed by atoms with van der Waals surface area (Å²) in [6, 6.07) is 3.21. The molecule has 11 heteroatoms. The predicted molar refractivity (Wildman–Crippen MR) is 237 cm³/mol. The lowest BCUT2D eigenvalue weighted by Crippen LogP contribution is -2.60. The van der Waals surface area contributed by atoms with Crippen molar-refractivity contribution in [1.82, 2.24) is 15.6 Å². The number of likely N-dealkylation sites (N-methyl/N-ethyl adjacent to an activating group) is 1. The molecule has 1 heterocycles. The number of amides is 1. The highest BCUT2D eigenvalue weighted by molar-refractivity contribution is 6.00. The third-order valence-electron chi connectivity index (χ3n) is 17.5. The Labute approximate surface area is 359 Å². The standard InChI is InChI=1S/C42H66N2O5.C6H6N2O.CH5N/c1-23(2)35-33(46)22-42(18-19-44-38(49)39(5,6)43-9)17-14-31-27(36(35)42)10-11-34-40(7)15-12-26(24(3)30(40)13-16-41(31,34)8)20-32(45)28-21-29(25(28)4)37(47)48;7-6-2-1-5(4-9)3-8-6;1-2/h23-31,34,43H,10-22H2,1-9H3,(H,44,49)(H,47,48);1-4H,(H2,7,8);2H2,1H3. The minimum atomic E-state index is -0.754. The largest absolute Gasteiger partial charge is 0.481 e. The molecule has 5 fully saturated rings. The summed E-state index contributed by atoms with van der Waals surface area (Å²) in [5.74, 6) is 3.30. The molecule has 1 aromatic heterocycles. The van der Waals surface area contributed by atoms with Crippen LogP contribution in [0.25, 0.3) is 0 Å². The number of aromatic nitrogens is 1. The Balaban J connectivity index is 0.000000544. The first kappa shape index (κ1) is 47.6. The number of carboxylic acids is 1. The Kier molecular flexibility index (Phi) is 14.7. The van der Waals surface area contributed by atoms with Crippen LogP contribution in [-0.2, 0) is 19.2 Å². The van der Waals surface area contributed by atoms with Gasteiger partial charge in [0.05, 0.1) is 11.5 Å². The Bertz CT molecular complexity index is 1790. The minimum absolute atomic E-state index is 0.00906. The highest BCUT2D eigenvalue weighted by atomic mass is 16.4. The number of ketones is 2. The average Bonchev–Trinajstić information content (AvgIpc) is 3.51. The fourth-order valence-corrected chi connectivity index (χ4v) is 13.9. The molecule has 12 unspecified atom stereocenters. The third kappa shape index (κ3) is 8.64. The number of carbonyl (C=O) groups is 5. The van der Waals surface area contributed by atoms with Crippen LogP contribution in [0.15, 0.2) is 29.5 Å². The van der Waals surface area contributed by atoms with Crippen LogP contribution in [0.5, 0.6) is 0 Å². The first-order valence-electron chi connectivity index (χ1n) is 23.0. The number of carbonyl (C=O) groups excluding carboxylic acids is 4. The van der Waals surface area contributed by atoms with Crippen LogP contribution >= 0.6 is 0 Å². The lowest BCUT2D eigenvalue weighted by Gasteiger charge is -2.67. The van der Waals surface area contributed by atoms with Crippen LogP contribution in [0.3, 0.4) is 0 Å². The average molecular weight is 832 g/mol. The van der Waals surface area contributed by atoms with Crippen molar-refractivity contribution < 1.29 is 29.1 Å². The molecule has 6 aliphatic rings. The van der Waals surface area contributed by atoms with E-state index in [0.29, 0.717) is 84.3 Å². The van der Waals surface area contributed by atoms with E-state index >= 15 is 0 Å². The molecule has 60 heavy (non-hydrogen) atoms. The Hall–Kier alpha value is -3.44. The summed E-state index contributed by atoms with van der Waals surface area (Å²) >= 11 is 0. The molecule has 7 rings (SSSR count). The fourth-order valence-electron chi connectivity index (χ4n) is 13.9. The second kappa shape index (κ2) is 18.5. The summed E-state index contributed by atoms with van der Waals surface area (Å²) in [7, 11) is 3.32. The zero-order chi connectivity index (χ0) is 44.5. The van der Waals surface area contributed by atoms with Crippen LogP contribution in [0.1, 0.15) is 143 Å². The lowest BCUT2D eigenvalue weighted by atomic mass is 9.37. The highest BCUT2D eigenvalue weighted by Gasteiger charge is 2.65. The van der Waals surface area contributed by atoms with Gasteiger partial charge in [0.25, 0.3) is 0 Å². The van der Waals surface area contributed by atoms with E-state index in [9.17, 15) is 29.1 Å². The number of pyridine rings is 1. The van der Waals surface area contributed by atoms with Gasteiger partial charge < -0.3 is 27.2 Å². The van der Waals surface area contributed by atoms with Gasteiger partial charge in [-0.1, -0.05) is 47.1 Å². The Morgan fingerprint density at radius 1 is 0.967 bits per heavy atom. The van der Waals surface area contributed by atoms with Gasteiger partial charge in [-0.25, -0.2) is 4.98 Å². The number of nitrogens with one attached hydrogen (secondary N) is 2. The molecule has 0 radical (unpaired) electrons. The van der Waals surface area contributed by atoms with E-state index in [0.717, 1.165) is 37.5 Å². The molecule has 5 saturated carbocycles. The molecule has 334 valence electrons. The van der Waals surface area contributed by atoms with E-state index in [2.05, 4.69) is 56.0 Å². The number of hydrogen-bond acceptors (Lipinski definition) is 9. The van der Waals surface area contributed by atoms with Crippen LogP contribution < -0.4 is 22.1 Å². The number of hydrogen-bond donors (Lipinski definition) is 5. The predicted octanol–water partition coefficient (Wildman–Crippen LogP) is 7.67. The first-order chi connectivity index (χ1) is 28.2. The number of nitrogen functional groups attached to an aromatic ring is 1. The molecule has 1 aromatic rings. The summed E-state index contributed by atoms with van der Waals surface area (Å²) in [5.41, 5.74) is 12.7. The van der Waals surface area contributed by atoms with Gasteiger partial charge in [-0.3, -0.25) is 24.0 Å². The second-order valence-electron chi connectivity index (χ2n) is 20.9. The van der Waals surface area contributed by atoms with Gasteiger partial charge in [0.15, 0.2) is 12.1 Å². The molecule has 0 aromatic carbocycles. The molecule has 1 amide bonds. The SMILES string of the molecule is CN.CNC(C)(C)C(=O)NCCC12CCC3C(CCC4C3(C)CCC3C(C)C(CC(=O)C5CC(C(=O)O)C5C)CCC34C)C1=C(C(C)C)C(=O)C2.Nc1ccc(C=O)cn1. The van der Waals surface area contributed by atoms with Crippen molar-refractivity contribution in [3.8, 4) is 0 Å². The molecule has 12 atom stereocenters. The number of aldehydes is 1. The zero-order valence-electron chi connectivity index (χ0n) is 38.4. The van der Waals surface area contributed by atoms with Crippen LogP contribution in [0, 0.1) is 75.4 Å². The zero-order valence-corrected chi connectivity index (χ0v) is 38.4. The Morgan fingerprint density at radius 3 is 2.20 bits per heavy atom. The molecule has 0 saturated heterocycles. The van der Waals surface area contributed by atoms with E-state index < -0.39 is 11.5 Å². The fraction of sp³-hybridized carbons (Fsp3) is 0.755. The van der Waals surface area contributed by atoms with Crippen molar-refractivity contribution in [3.63, 3.8) is 0 Å². The van der Waals surface area contributed by atoms with E-state index in [1.54, 1.807) is 12.1 Å². The smallest absolute Gasteiger partial charge is 0.306 e. The van der Waals surface area contributed by atoms with E-state index in [-0.39, 0.29) is 45.8 Å². The molecular weight excluding hydrogens is 755 g/mol. The number of aliphatic carboxylic acids is 1. The normalized spacial score (nSPS) is 36.7. The minimum Gasteiger partial charge on any atom is -0.481 e. The number of nitrogens with two attached hydrogens (primary N) is 2. The lowest BCUT2D eigenvalue weighted by molar-refractivity contribution is -0.172. The summed E-state index contributed by atoms with van der Waals surface area (Å²) in [4.78, 5) is 65.4. The topological polar surface area (TPSA) is 195 Å². The van der Waals surface area contributed by atoms with E-state index in [4.69, 9.17) is 5.73 Å². The van der Waals surface area contributed by atoms with Gasteiger partial charge in [0.1, 0.15) is 11.6 Å². The second-order valence-corrected chi connectivity index (χ2v) is 20.9. The van der Waals surface area contributed by atoms with Gasteiger partial charge in [-0.2, -0.15) is 0 Å². The quantitative estimate of drug-likeness (QED) is 0.138. The number of fused-ring (bicyclic) bond motifs is 7. The van der Waals surface area contributed by atoms with Crippen LogP contribution in [0.2, 0.25) is 0 Å². The molecule has 0 bridgehead atoms. The molecule has 7 N–H and O–H groups in total. The van der Waals surface area contributed by atoms with E-state index in [1.165, 1.54) is 50.9 Å². The number of nitrogens with zero attached hydrogens (tertiary/aromatic N) is 1. The van der Waals surface area contributed by atoms with Crippen LogP contribution in [-0.4, -0.2) is 66.0 Å². The van der Waals surface area contributed by atoms with Crippen molar-refractivity contribution >= 4 is 35.5 Å². The molecule has 6 aliphatic carbocycles. The summed E-state index contributed by atoms with van der Waals surface area (Å²) in [6.07, 6.45) is 14.1. The maximum Gasteiger partial charge on any atom is 0.306 e. The maximum absolute atomic E-state index is 13.8.